The molecular formula is C12H22N2. The van der Waals surface area contributed by atoms with Crippen molar-refractivity contribution in [2.75, 3.05) is 0 Å². The average molecular weight is 194 g/mol. The first-order chi connectivity index (χ1) is 6.93. The highest BCUT2D eigenvalue weighted by atomic mass is 15.2. The number of fused-ring (bicyclic) bond motifs is 2. The Morgan fingerprint density at radius 1 is 0.500 bits per heavy atom. The van der Waals surface area contributed by atoms with Gasteiger partial charge in [-0.15, -0.1) is 0 Å². The SMILES string of the molecule is C1CC[C@@H]2N[C@@H]3CCCC[C@@H]3N[C@H]2C1. The van der Waals surface area contributed by atoms with E-state index in [1.54, 1.807) is 0 Å². The molecule has 80 valence electrons. The molecule has 14 heavy (non-hydrogen) atoms. The second kappa shape index (κ2) is 3.82. The van der Waals surface area contributed by atoms with Crippen LogP contribution in [-0.4, -0.2) is 24.2 Å². The summed E-state index contributed by atoms with van der Waals surface area (Å²) in [6.07, 6.45) is 11.4. The molecule has 2 saturated carbocycles. The molecule has 0 unspecified atom stereocenters. The molecule has 3 aliphatic rings. The fourth-order valence-corrected chi connectivity index (χ4v) is 3.61. The van der Waals surface area contributed by atoms with Crippen molar-refractivity contribution in [3.8, 4) is 0 Å². The minimum atomic E-state index is 0.795. The maximum atomic E-state index is 3.89. The summed E-state index contributed by atoms with van der Waals surface area (Å²) < 4.78 is 0. The maximum Gasteiger partial charge on any atom is 0.0224 e. The zero-order valence-electron chi connectivity index (χ0n) is 8.97. The summed E-state index contributed by atoms with van der Waals surface area (Å²) in [5.74, 6) is 0. The van der Waals surface area contributed by atoms with Crippen molar-refractivity contribution < 1.29 is 0 Å². The Balaban J connectivity index is 1.68. The van der Waals surface area contributed by atoms with E-state index in [-0.39, 0.29) is 0 Å². The van der Waals surface area contributed by atoms with E-state index >= 15 is 0 Å². The molecule has 1 saturated heterocycles. The van der Waals surface area contributed by atoms with E-state index < -0.39 is 0 Å². The van der Waals surface area contributed by atoms with Crippen molar-refractivity contribution in [2.45, 2.75) is 75.5 Å². The molecule has 2 nitrogen and oxygen atoms in total. The van der Waals surface area contributed by atoms with Gasteiger partial charge in [-0.1, -0.05) is 25.7 Å². The lowest BCUT2D eigenvalue weighted by molar-refractivity contribution is 0.138. The molecule has 0 spiro atoms. The van der Waals surface area contributed by atoms with Crippen LogP contribution >= 0.6 is 0 Å². The lowest BCUT2D eigenvalue weighted by Crippen LogP contribution is -2.67. The van der Waals surface area contributed by atoms with Crippen LogP contribution in [0.5, 0.6) is 0 Å². The molecule has 0 aromatic heterocycles. The molecule has 2 N–H and O–H groups in total. The van der Waals surface area contributed by atoms with Crippen LogP contribution in [0.15, 0.2) is 0 Å². The van der Waals surface area contributed by atoms with Crippen LogP contribution in [0.2, 0.25) is 0 Å². The smallest absolute Gasteiger partial charge is 0.0224 e. The molecule has 1 aliphatic heterocycles. The highest BCUT2D eigenvalue weighted by Crippen LogP contribution is 2.28. The summed E-state index contributed by atoms with van der Waals surface area (Å²) in [4.78, 5) is 0. The van der Waals surface area contributed by atoms with E-state index in [1.807, 2.05) is 0 Å². The zero-order valence-corrected chi connectivity index (χ0v) is 8.97. The van der Waals surface area contributed by atoms with Crippen molar-refractivity contribution in [1.29, 1.82) is 0 Å². The molecule has 0 amide bonds. The molecular weight excluding hydrogens is 172 g/mol. The quantitative estimate of drug-likeness (QED) is 0.614. The summed E-state index contributed by atoms with van der Waals surface area (Å²) in [7, 11) is 0. The van der Waals surface area contributed by atoms with Gasteiger partial charge < -0.3 is 10.6 Å². The van der Waals surface area contributed by atoms with Gasteiger partial charge in [0, 0.05) is 24.2 Å². The van der Waals surface area contributed by atoms with Crippen molar-refractivity contribution in [1.82, 2.24) is 10.6 Å². The van der Waals surface area contributed by atoms with Gasteiger partial charge in [0.15, 0.2) is 0 Å². The van der Waals surface area contributed by atoms with E-state index in [0.29, 0.717) is 0 Å². The monoisotopic (exact) mass is 194 g/mol. The predicted octanol–water partition coefficient (Wildman–Crippen LogP) is 1.80. The summed E-state index contributed by atoms with van der Waals surface area (Å²) in [5, 5.41) is 7.79. The minimum Gasteiger partial charge on any atom is -0.308 e. The normalized spacial score (nSPS) is 48.0. The lowest BCUT2D eigenvalue weighted by Gasteiger charge is -2.47. The van der Waals surface area contributed by atoms with Crippen molar-refractivity contribution in [2.24, 2.45) is 0 Å². The molecule has 2 heteroatoms. The Bertz CT molecular complexity index is 162. The molecule has 3 fully saturated rings. The van der Waals surface area contributed by atoms with Gasteiger partial charge in [-0.05, 0) is 25.7 Å². The van der Waals surface area contributed by atoms with Gasteiger partial charge in [0.1, 0.15) is 0 Å². The van der Waals surface area contributed by atoms with Gasteiger partial charge in [0.05, 0.1) is 0 Å². The first kappa shape index (κ1) is 9.17. The van der Waals surface area contributed by atoms with Gasteiger partial charge in [0.25, 0.3) is 0 Å². The number of hydrogen-bond donors (Lipinski definition) is 2. The fraction of sp³-hybridized carbons (Fsp3) is 1.00. The van der Waals surface area contributed by atoms with Crippen molar-refractivity contribution in [3.63, 3.8) is 0 Å². The summed E-state index contributed by atoms with van der Waals surface area (Å²) >= 11 is 0. The van der Waals surface area contributed by atoms with Crippen LogP contribution in [0.25, 0.3) is 0 Å². The molecule has 1 heterocycles. The van der Waals surface area contributed by atoms with Crippen LogP contribution < -0.4 is 10.6 Å². The lowest BCUT2D eigenvalue weighted by atomic mass is 9.81. The largest absolute Gasteiger partial charge is 0.308 e. The third kappa shape index (κ3) is 1.59. The van der Waals surface area contributed by atoms with Gasteiger partial charge >= 0.3 is 0 Å². The Hall–Kier alpha value is -0.0800. The number of rotatable bonds is 0. The Morgan fingerprint density at radius 3 is 1.07 bits per heavy atom. The standard InChI is InChI=1S/C12H22N2/c1-2-6-10-9(5-1)13-11-7-3-4-8-12(11)14-10/h9-14H,1-8H2/t9-,10-,11-,12+/m0/s1. The van der Waals surface area contributed by atoms with Crippen molar-refractivity contribution >= 4 is 0 Å². The number of hydrogen-bond acceptors (Lipinski definition) is 2. The first-order valence-electron chi connectivity index (χ1n) is 6.45. The van der Waals surface area contributed by atoms with Crippen LogP contribution in [-0.2, 0) is 0 Å². The topological polar surface area (TPSA) is 24.1 Å². The summed E-state index contributed by atoms with van der Waals surface area (Å²) in [6, 6.07) is 3.18. The molecule has 3 rings (SSSR count). The highest BCUT2D eigenvalue weighted by Gasteiger charge is 2.37. The van der Waals surface area contributed by atoms with Gasteiger partial charge in [-0.3, -0.25) is 0 Å². The van der Waals surface area contributed by atoms with E-state index in [1.165, 1.54) is 51.4 Å². The zero-order chi connectivity index (χ0) is 9.38. The van der Waals surface area contributed by atoms with Crippen LogP contribution in [0, 0.1) is 0 Å². The van der Waals surface area contributed by atoms with Gasteiger partial charge in [-0.2, -0.15) is 0 Å². The second-order valence-corrected chi connectivity index (χ2v) is 5.33. The fourth-order valence-electron chi connectivity index (χ4n) is 3.61. The van der Waals surface area contributed by atoms with Crippen LogP contribution in [0.4, 0.5) is 0 Å². The second-order valence-electron chi connectivity index (χ2n) is 5.33. The maximum absolute atomic E-state index is 3.89. The third-order valence-corrected chi connectivity index (χ3v) is 4.39. The van der Waals surface area contributed by atoms with Crippen LogP contribution in [0.3, 0.4) is 0 Å². The molecule has 0 bridgehead atoms. The molecule has 2 aliphatic carbocycles. The predicted molar refractivity (Wildman–Crippen MR) is 58.4 cm³/mol. The first-order valence-corrected chi connectivity index (χ1v) is 6.45. The Labute approximate surface area is 86.8 Å². The van der Waals surface area contributed by atoms with E-state index in [9.17, 15) is 0 Å². The number of nitrogens with one attached hydrogen (secondary N) is 2. The van der Waals surface area contributed by atoms with Crippen LogP contribution in [0.1, 0.15) is 51.4 Å². The molecule has 0 aromatic carbocycles. The van der Waals surface area contributed by atoms with E-state index in [0.717, 1.165) is 24.2 Å². The molecule has 0 radical (unpaired) electrons. The summed E-state index contributed by atoms with van der Waals surface area (Å²) in [5.41, 5.74) is 0. The Morgan fingerprint density at radius 2 is 0.786 bits per heavy atom. The molecule has 4 atom stereocenters. The van der Waals surface area contributed by atoms with Gasteiger partial charge in [-0.25, -0.2) is 0 Å². The molecule has 0 aromatic rings. The van der Waals surface area contributed by atoms with Crippen molar-refractivity contribution in [3.05, 3.63) is 0 Å². The average Bonchev–Trinajstić information content (AvgIpc) is 2.26. The van der Waals surface area contributed by atoms with Gasteiger partial charge in [0.2, 0.25) is 0 Å². The third-order valence-electron chi connectivity index (χ3n) is 4.39. The summed E-state index contributed by atoms with van der Waals surface area (Å²) in [6.45, 7) is 0. The van der Waals surface area contributed by atoms with E-state index in [4.69, 9.17) is 0 Å². The highest BCUT2D eigenvalue weighted by molar-refractivity contribution is 5.00. The number of piperazine rings is 1. The van der Waals surface area contributed by atoms with E-state index in [2.05, 4.69) is 10.6 Å². The minimum absolute atomic E-state index is 0.795. The Kier molecular flexibility index (Phi) is 2.50.